The molecule has 0 aliphatic carbocycles. The third-order valence-electron chi connectivity index (χ3n) is 2.24. The van der Waals surface area contributed by atoms with Gasteiger partial charge >= 0.3 is 0 Å². The number of nitrogens with one attached hydrogen (secondary N) is 2. The van der Waals surface area contributed by atoms with Crippen LogP contribution in [0.5, 0.6) is 0 Å². The smallest absolute Gasteiger partial charge is 0.252 e. The third-order valence-corrected chi connectivity index (χ3v) is 4.13. The van der Waals surface area contributed by atoms with Crippen molar-refractivity contribution in [3.8, 4) is 0 Å². The second-order valence-corrected chi connectivity index (χ2v) is 6.14. The molecule has 0 unspecified atom stereocenters. The normalized spacial score (nSPS) is 10.5. The van der Waals surface area contributed by atoms with Gasteiger partial charge in [0.05, 0.1) is 5.75 Å². The van der Waals surface area contributed by atoms with Crippen LogP contribution in [0.25, 0.3) is 0 Å². The highest BCUT2D eigenvalue weighted by molar-refractivity contribution is 8.01. The van der Waals surface area contributed by atoms with Crippen LogP contribution in [0.4, 0.5) is 10.9 Å². The lowest BCUT2D eigenvalue weighted by atomic mass is 10.4. The summed E-state index contributed by atoms with van der Waals surface area (Å²) in [4.78, 5) is 29.3. The molecule has 6 N–H and O–H groups in total. The molecule has 0 bridgehead atoms. The first-order chi connectivity index (χ1) is 10.0. The van der Waals surface area contributed by atoms with Crippen molar-refractivity contribution >= 4 is 40.0 Å². The molecule has 0 fully saturated rings. The molecule has 2 rings (SSSR count). The van der Waals surface area contributed by atoms with Crippen molar-refractivity contribution in [2.45, 2.75) is 10.8 Å². The zero-order valence-corrected chi connectivity index (χ0v) is 12.5. The summed E-state index contributed by atoms with van der Waals surface area (Å²) in [5.74, 6) is 0.657. The maximum absolute atomic E-state index is 11.6. The van der Waals surface area contributed by atoms with Gasteiger partial charge in [0.1, 0.15) is 11.6 Å². The molecule has 2 aromatic rings. The molecule has 0 aromatic carbocycles. The van der Waals surface area contributed by atoms with Gasteiger partial charge in [-0.05, 0) is 0 Å². The fraction of sp³-hybridized carbons (Fsp3) is 0.300. The van der Waals surface area contributed by atoms with Gasteiger partial charge in [0, 0.05) is 19.0 Å². The van der Waals surface area contributed by atoms with E-state index in [2.05, 4.69) is 25.5 Å². The molecule has 0 spiro atoms. The van der Waals surface area contributed by atoms with Crippen molar-refractivity contribution < 1.29 is 4.79 Å². The van der Waals surface area contributed by atoms with Gasteiger partial charge in [-0.2, -0.15) is 0 Å². The summed E-state index contributed by atoms with van der Waals surface area (Å²) in [7, 11) is 0. The molecular weight excluding hydrogens is 314 g/mol. The highest BCUT2D eigenvalue weighted by atomic mass is 32.2. The number of amides is 1. The minimum absolute atomic E-state index is 0.153. The average molecular weight is 327 g/mol. The number of anilines is 2. The van der Waals surface area contributed by atoms with E-state index in [-0.39, 0.29) is 23.0 Å². The maximum Gasteiger partial charge on any atom is 0.252 e. The Morgan fingerprint density at radius 3 is 2.90 bits per heavy atom. The van der Waals surface area contributed by atoms with Crippen LogP contribution in [0.3, 0.4) is 0 Å². The number of H-pyrrole nitrogens is 1. The maximum atomic E-state index is 11.6. The molecule has 0 radical (unpaired) electrons. The molecule has 11 heteroatoms. The Balaban J connectivity index is 1.72. The van der Waals surface area contributed by atoms with E-state index in [4.69, 9.17) is 11.5 Å². The predicted octanol–water partition coefficient (Wildman–Crippen LogP) is -0.763. The van der Waals surface area contributed by atoms with Crippen molar-refractivity contribution in [2.75, 3.05) is 23.8 Å². The summed E-state index contributed by atoms with van der Waals surface area (Å²) in [5.41, 5.74) is 10.6. The van der Waals surface area contributed by atoms with Crippen LogP contribution >= 0.6 is 23.1 Å². The quantitative estimate of drug-likeness (QED) is 0.505. The number of carbonyl (C=O) groups is 1. The van der Waals surface area contributed by atoms with E-state index in [1.807, 2.05) is 0 Å². The Morgan fingerprint density at radius 1 is 1.43 bits per heavy atom. The molecule has 0 saturated carbocycles. The number of nitrogen functional groups attached to an aromatic ring is 2. The summed E-state index contributed by atoms with van der Waals surface area (Å²) in [6, 6.07) is 1.20. The van der Waals surface area contributed by atoms with Gasteiger partial charge in [-0.1, -0.05) is 23.1 Å². The number of aromatic amines is 1. The van der Waals surface area contributed by atoms with Gasteiger partial charge < -0.3 is 21.8 Å². The molecule has 2 aromatic heterocycles. The van der Waals surface area contributed by atoms with Gasteiger partial charge in [-0.25, -0.2) is 4.98 Å². The van der Waals surface area contributed by atoms with Crippen LogP contribution in [0.2, 0.25) is 0 Å². The van der Waals surface area contributed by atoms with Crippen molar-refractivity contribution in [1.29, 1.82) is 0 Å². The number of carbonyl (C=O) groups excluding carboxylic acids is 1. The van der Waals surface area contributed by atoms with E-state index in [9.17, 15) is 9.59 Å². The Bertz CT molecular complexity index is 684. The third kappa shape index (κ3) is 5.04. The minimum Gasteiger partial charge on any atom is -0.383 e. The summed E-state index contributed by atoms with van der Waals surface area (Å²) < 4.78 is 0.643. The van der Waals surface area contributed by atoms with Gasteiger partial charge in [0.2, 0.25) is 11.0 Å². The number of nitrogens with two attached hydrogens (primary N) is 2. The van der Waals surface area contributed by atoms with Crippen molar-refractivity contribution in [2.24, 2.45) is 0 Å². The Hall–Kier alpha value is -2.14. The zero-order chi connectivity index (χ0) is 15.2. The van der Waals surface area contributed by atoms with Crippen LogP contribution in [0, 0.1) is 0 Å². The number of hydrogen-bond acceptors (Lipinski definition) is 9. The topological polar surface area (TPSA) is 153 Å². The Morgan fingerprint density at radius 2 is 2.24 bits per heavy atom. The Labute approximate surface area is 127 Å². The van der Waals surface area contributed by atoms with E-state index in [0.717, 1.165) is 0 Å². The first-order valence-electron chi connectivity index (χ1n) is 5.87. The zero-order valence-electron chi connectivity index (χ0n) is 10.8. The number of thioether (sulfide) groups is 1. The second kappa shape index (κ2) is 7.04. The Kier molecular flexibility index (Phi) is 5.11. The van der Waals surface area contributed by atoms with Crippen LogP contribution in [-0.4, -0.2) is 38.4 Å². The first-order valence-corrected chi connectivity index (χ1v) is 7.67. The molecule has 1 amide bonds. The number of hydrogen-bond donors (Lipinski definition) is 4. The molecule has 21 heavy (non-hydrogen) atoms. The van der Waals surface area contributed by atoms with Gasteiger partial charge in [0.25, 0.3) is 5.56 Å². The van der Waals surface area contributed by atoms with Crippen molar-refractivity contribution in [3.63, 3.8) is 0 Å². The van der Waals surface area contributed by atoms with Crippen LogP contribution in [0.15, 0.2) is 15.2 Å². The van der Waals surface area contributed by atoms with Gasteiger partial charge in [0.15, 0.2) is 4.34 Å². The van der Waals surface area contributed by atoms with E-state index in [1.165, 1.54) is 29.2 Å². The monoisotopic (exact) mass is 327 g/mol. The summed E-state index contributed by atoms with van der Waals surface area (Å²) in [6.07, 6.45) is 0.391. The molecule has 0 atom stereocenters. The molecule has 9 nitrogen and oxygen atoms in total. The standard InChI is InChI=1S/C10H13N7O2S2/c11-5-3-7(18)15-6(14-5)1-2-13-8(19)4-20-10-17-16-9(12)21-10/h3H,1-2,4H2,(H2,12,16)(H,13,19)(H3,11,14,15,18). The van der Waals surface area contributed by atoms with E-state index in [1.54, 1.807) is 0 Å². The van der Waals surface area contributed by atoms with Crippen molar-refractivity contribution in [1.82, 2.24) is 25.5 Å². The lowest BCUT2D eigenvalue weighted by Crippen LogP contribution is -2.28. The molecule has 112 valence electrons. The highest BCUT2D eigenvalue weighted by Gasteiger charge is 2.07. The van der Waals surface area contributed by atoms with Crippen LogP contribution in [-0.2, 0) is 11.2 Å². The molecule has 0 aliphatic heterocycles. The largest absolute Gasteiger partial charge is 0.383 e. The van der Waals surface area contributed by atoms with E-state index < -0.39 is 0 Å². The predicted molar refractivity (Wildman–Crippen MR) is 81.0 cm³/mol. The van der Waals surface area contributed by atoms with Crippen LogP contribution in [0.1, 0.15) is 5.82 Å². The molecule has 2 heterocycles. The summed E-state index contributed by atoms with van der Waals surface area (Å²) in [6.45, 7) is 0.351. The number of aromatic nitrogens is 4. The summed E-state index contributed by atoms with van der Waals surface area (Å²) >= 11 is 2.49. The fourth-order valence-corrected chi connectivity index (χ4v) is 2.89. The van der Waals surface area contributed by atoms with Gasteiger partial charge in [-0.3, -0.25) is 9.59 Å². The number of nitrogens with zero attached hydrogens (tertiary/aromatic N) is 3. The first kappa shape index (κ1) is 15.3. The number of rotatable bonds is 6. The molecular formula is C10H13N7O2S2. The van der Waals surface area contributed by atoms with Gasteiger partial charge in [-0.15, -0.1) is 10.2 Å². The molecule has 0 saturated heterocycles. The SMILES string of the molecule is Nc1cc(=O)[nH]c(CCNC(=O)CSc2nnc(N)s2)n1. The molecule has 0 aliphatic rings. The highest BCUT2D eigenvalue weighted by Crippen LogP contribution is 2.22. The fourth-order valence-electron chi connectivity index (χ4n) is 1.42. The lowest BCUT2D eigenvalue weighted by molar-refractivity contribution is -0.118. The van der Waals surface area contributed by atoms with E-state index in [0.29, 0.717) is 28.3 Å². The average Bonchev–Trinajstić information content (AvgIpc) is 2.81. The second-order valence-electron chi connectivity index (χ2n) is 3.91. The minimum atomic E-state index is -0.312. The van der Waals surface area contributed by atoms with Crippen molar-refractivity contribution in [3.05, 3.63) is 22.2 Å². The van der Waals surface area contributed by atoms with E-state index >= 15 is 0 Å². The lowest BCUT2D eigenvalue weighted by Gasteiger charge is -2.04. The summed E-state index contributed by atoms with van der Waals surface area (Å²) in [5, 5.41) is 10.5. The van der Waals surface area contributed by atoms with Crippen LogP contribution < -0.4 is 22.3 Å².